The third-order valence-corrected chi connectivity index (χ3v) is 3.59. The van der Waals surface area contributed by atoms with Crippen LogP contribution in [0.15, 0.2) is 12.1 Å². The second-order valence-electron chi connectivity index (χ2n) is 4.87. The van der Waals surface area contributed by atoms with Gasteiger partial charge in [0, 0.05) is 25.9 Å². The molecule has 0 spiro atoms. The van der Waals surface area contributed by atoms with Crippen molar-refractivity contribution in [2.75, 3.05) is 19.5 Å². The van der Waals surface area contributed by atoms with E-state index >= 15 is 0 Å². The van der Waals surface area contributed by atoms with E-state index in [0.29, 0.717) is 12.3 Å². The van der Waals surface area contributed by atoms with Crippen LogP contribution < -0.4 is 0 Å². The Morgan fingerprint density at radius 3 is 2.39 bits per heavy atom. The van der Waals surface area contributed by atoms with Crippen LogP contribution in [0, 0.1) is 20.8 Å². The van der Waals surface area contributed by atoms with Crippen molar-refractivity contribution in [2.24, 2.45) is 0 Å². The van der Waals surface area contributed by atoms with Gasteiger partial charge in [0.1, 0.15) is 0 Å². The van der Waals surface area contributed by atoms with Gasteiger partial charge in [0.25, 0.3) is 0 Å². The predicted octanol–water partition coefficient (Wildman–Crippen LogP) is 3.24. The van der Waals surface area contributed by atoms with E-state index in [-0.39, 0.29) is 5.91 Å². The van der Waals surface area contributed by atoms with Gasteiger partial charge >= 0.3 is 0 Å². The summed E-state index contributed by atoms with van der Waals surface area (Å²) in [7, 11) is 1.84. The fraction of sp³-hybridized carbons (Fsp3) is 0.533. The fourth-order valence-corrected chi connectivity index (χ4v) is 2.14. The summed E-state index contributed by atoms with van der Waals surface area (Å²) in [5, 5.41) is 0. The molecule has 0 heterocycles. The van der Waals surface area contributed by atoms with Gasteiger partial charge < -0.3 is 4.90 Å². The maximum atomic E-state index is 11.6. The van der Waals surface area contributed by atoms with E-state index in [0.717, 1.165) is 13.0 Å². The summed E-state index contributed by atoms with van der Waals surface area (Å²) in [6.45, 7) is 7.13. The molecule has 3 heteroatoms. The molecule has 18 heavy (non-hydrogen) atoms. The Hall–Kier alpha value is -1.02. The molecule has 0 radical (unpaired) electrons. The van der Waals surface area contributed by atoms with Crippen LogP contribution in [0.4, 0.5) is 0 Å². The first-order valence-electron chi connectivity index (χ1n) is 6.32. The van der Waals surface area contributed by atoms with Gasteiger partial charge in [-0.3, -0.25) is 4.79 Å². The second kappa shape index (κ2) is 6.79. The number of hydrogen-bond acceptors (Lipinski definition) is 1. The van der Waals surface area contributed by atoms with Gasteiger partial charge in [-0.25, -0.2) is 0 Å². The average Bonchev–Trinajstić information content (AvgIpc) is 2.32. The Balaban J connectivity index is 2.63. The smallest absolute Gasteiger partial charge is 0.223 e. The molecular formula is C15H22ClNO. The van der Waals surface area contributed by atoms with Crippen LogP contribution in [0.5, 0.6) is 0 Å². The van der Waals surface area contributed by atoms with E-state index in [1.807, 2.05) is 7.05 Å². The zero-order valence-electron chi connectivity index (χ0n) is 11.7. The number of benzene rings is 1. The Bertz CT molecular complexity index is 429. The second-order valence-corrected chi connectivity index (χ2v) is 5.25. The van der Waals surface area contributed by atoms with Crippen molar-refractivity contribution >= 4 is 17.5 Å². The van der Waals surface area contributed by atoms with Crippen LogP contribution in [-0.4, -0.2) is 30.3 Å². The van der Waals surface area contributed by atoms with Crippen molar-refractivity contribution in [3.63, 3.8) is 0 Å². The summed E-state index contributed by atoms with van der Waals surface area (Å²) in [6.07, 6.45) is 1.32. The monoisotopic (exact) mass is 267 g/mol. The normalized spacial score (nSPS) is 10.5. The van der Waals surface area contributed by atoms with Crippen molar-refractivity contribution in [3.8, 4) is 0 Å². The highest BCUT2D eigenvalue weighted by molar-refractivity contribution is 6.18. The van der Waals surface area contributed by atoms with Crippen LogP contribution in [0.1, 0.15) is 28.7 Å². The standard InChI is InChI=1S/C15H22ClNO/c1-11-9-13(3)14(10-12(11)2)6-8-17(4)15(18)5-7-16/h9-10H,5-8H2,1-4H3. The average molecular weight is 268 g/mol. The summed E-state index contributed by atoms with van der Waals surface area (Å²) < 4.78 is 0. The molecule has 0 aliphatic carbocycles. The minimum Gasteiger partial charge on any atom is -0.345 e. The zero-order chi connectivity index (χ0) is 13.7. The van der Waals surface area contributed by atoms with E-state index in [1.165, 1.54) is 22.3 Å². The van der Waals surface area contributed by atoms with Crippen LogP contribution in [0.3, 0.4) is 0 Å². The number of alkyl halides is 1. The highest BCUT2D eigenvalue weighted by atomic mass is 35.5. The van der Waals surface area contributed by atoms with Gasteiger partial charge in [0.05, 0.1) is 0 Å². The van der Waals surface area contributed by atoms with Gasteiger partial charge in [-0.05, 0) is 49.4 Å². The quantitative estimate of drug-likeness (QED) is 0.750. The van der Waals surface area contributed by atoms with Gasteiger partial charge in [-0.15, -0.1) is 11.6 Å². The Kier molecular flexibility index (Phi) is 5.67. The van der Waals surface area contributed by atoms with Crippen LogP contribution in [0.2, 0.25) is 0 Å². The Labute approximate surface area is 115 Å². The third kappa shape index (κ3) is 4.02. The van der Waals surface area contributed by atoms with Gasteiger partial charge in [0.15, 0.2) is 0 Å². The summed E-state index contributed by atoms with van der Waals surface area (Å²) in [6, 6.07) is 4.44. The largest absolute Gasteiger partial charge is 0.345 e. The number of hydrogen-bond donors (Lipinski definition) is 0. The fourth-order valence-electron chi connectivity index (χ4n) is 1.97. The lowest BCUT2D eigenvalue weighted by Gasteiger charge is -2.18. The minimum absolute atomic E-state index is 0.117. The highest BCUT2D eigenvalue weighted by Crippen LogP contribution is 2.16. The van der Waals surface area contributed by atoms with Crippen LogP contribution in [0.25, 0.3) is 0 Å². The molecule has 1 rings (SSSR count). The van der Waals surface area contributed by atoms with Crippen LogP contribution >= 0.6 is 11.6 Å². The number of likely N-dealkylation sites (N-methyl/N-ethyl adjacent to an activating group) is 1. The molecule has 0 saturated carbocycles. The first-order valence-corrected chi connectivity index (χ1v) is 6.85. The van der Waals surface area contributed by atoms with Crippen LogP contribution in [-0.2, 0) is 11.2 Å². The maximum absolute atomic E-state index is 11.6. The predicted molar refractivity (Wildman–Crippen MR) is 77.3 cm³/mol. The van der Waals surface area contributed by atoms with Crippen molar-refractivity contribution in [3.05, 3.63) is 34.4 Å². The molecule has 0 fully saturated rings. The number of carbonyl (C=O) groups is 1. The Morgan fingerprint density at radius 2 is 1.78 bits per heavy atom. The van der Waals surface area contributed by atoms with E-state index in [9.17, 15) is 4.79 Å². The summed E-state index contributed by atoms with van der Waals surface area (Å²) in [5.41, 5.74) is 5.26. The molecule has 0 unspecified atom stereocenters. The molecule has 0 saturated heterocycles. The van der Waals surface area contributed by atoms with E-state index in [4.69, 9.17) is 11.6 Å². The van der Waals surface area contributed by atoms with E-state index < -0.39 is 0 Å². The van der Waals surface area contributed by atoms with Gasteiger partial charge in [-0.1, -0.05) is 12.1 Å². The number of rotatable bonds is 5. The summed E-state index contributed by atoms with van der Waals surface area (Å²) >= 11 is 5.57. The lowest BCUT2D eigenvalue weighted by molar-refractivity contribution is -0.129. The van der Waals surface area contributed by atoms with Crippen molar-refractivity contribution in [2.45, 2.75) is 33.6 Å². The van der Waals surface area contributed by atoms with E-state index in [2.05, 4.69) is 32.9 Å². The Morgan fingerprint density at radius 1 is 1.17 bits per heavy atom. The number of halogens is 1. The van der Waals surface area contributed by atoms with Crippen molar-refractivity contribution in [1.82, 2.24) is 4.90 Å². The maximum Gasteiger partial charge on any atom is 0.223 e. The third-order valence-electron chi connectivity index (χ3n) is 3.40. The number of aryl methyl sites for hydroxylation is 3. The molecule has 1 aromatic rings. The lowest BCUT2D eigenvalue weighted by Crippen LogP contribution is -2.29. The molecule has 0 N–H and O–H groups in total. The number of carbonyl (C=O) groups excluding carboxylic acids is 1. The first-order chi connectivity index (χ1) is 8.45. The first kappa shape index (κ1) is 15.0. The molecule has 0 atom stereocenters. The zero-order valence-corrected chi connectivity index (χ0v) is 12.5. The number of nitrogens with zero attached hydrogens (tertiary/aromatic N) is 1. The summed E-state index contributed by atoms with van der Waals surface area (Å²) in [4.78, 5) is 13.4. The molecular weight excluding hydrogens is 246 g/mol. The number of amides is 1. The van der Waals surface area contributed by atoms with Gasteiger partial charge in [-0.2, -0.15) is 0 Å². The highest BCUT2D eigenvalue weighted by Gasteiger charge is 2.09. The SMILES string of the molecule is Cc1cc(C)c(CCN(C)C(=O)CCCl)cc1C. The molecule has 0 aliphatic heterocycles. The van der Waals surface area contributed by atoms with Crippen molar-refractivity contribution in [1.29, 1.82) is 0 Å². The molecule has 2 nitrogen and oxygen atoms in total. The minimum atomic E-state index is 0.117. The van der Waals surface area contributed by atoms with E-state index in [1.54, 1.807) is 4.90 Å². The lowest BCUT2D eigenvalue weighted by atomic mass is 9.99. The topological polar surface area (TPSA) is 20.3 Å². The molecule has 0 aromatic heterocycles. The molecule has 100 valence electrons. The van der Waals surface area contributed by atoms with Gasteiger partial charge in [0.2, 0.25) is 5.91 Å². The van der Waals surface area contributed by atoms with Crippen molar-refractivity contribution < 1.29 is 4.79 Å². The molecule has 0 bridgehead atoms. The molecule has 1 amide bonds. The molecule has 0 aliphatic rings. The summed E-state index contributed by atoms with van der Waals surface area (Å²) in [5.74, 6) is 0.512. The molecule has 1 aromatic carbocycles.